The van der Waals surface area contributed by atoms with Gasteiger partial charge in [-0.2, -0.15) is 0 Å². The van der Waals surface area contributed by atoms with Gasteiger partial charge in [0.2, 0.25) is 0 Å². The molecule has 3 aromatic rings. The molecule has 1 aliphatic rings. The molecule has 4 nitrogen and oxygen atoms in total. The molecule has 122 valence electrons. The zero-order chi connectivity index (χ0) is 16.7. The highest BCUT2D eigenvalue weighted by atomic mass is 35.5. The van der Waals surface area contributed by atoms with Crippen LogP contribution in [0, 0.1) is 0 Å². The van der Waals surface area contributed by atoms with Crippen molar-refractivity contribution in [1.82, 2.24) is 9.88 Å². The van der Waals surface area contributed by atoms with Crippen molar-refractivity contribution in [2.45, 2.75) is 13.0 Å². The van der Waals surface area contributed by atoms with Gasteiger partial charge in [0.15, 0.2) is 0 Å². The molecule has 4 rings (SSSR count). The number of fused-ring (bicyclic) bond motifs is 3. The smallest absolute Gasteiger partial charge is 0.255 e. The highest BCUT2D eigenvalue weighted by molar-refractivity contribution is 6.33. The van der Waals surface area contributed by atoms with Crippen LogP contribution in [0.5, 0.6) is 5.75 Å². The molecule has 0 saturated heterocycles. The van der Waals surface area contributed by atoms with Crippen molar-refractivity contribution in [2.24, 2.45) is 0 Å². The van der Waals surface area contributed by atoms with E-state index in [1.54, 1.807) is 19.2 Å². The first-order valence-electron chi connectivity index (χ1n) is 7.89. The van der Waals surface area contributed by atoms with Crippen LogP contribution in [-0.4, -0.2) is 29.4 Å². The van der Waals surface area contributed by atoms with E-state index in [0.717, 1.165) is 28.6 Å². The van der Waals surface area contributed by atoms with Gasteiger partial charge < -0.3 is 14.6 Å². The zero-order valence-corrected chi connectivity index (χ0v) is 14.1. The normalized spacial score (nSPS) is 13.8. The molecule has 0 bridgehead atoms. The second kappa shape index (κ2) is 5.87. The molecule has 0 saturated carbocycles. The first kappa shape index (κ1) is 15.1. The van der Waals surface area contributed by atoms with Crippen molar-refractivity contribution in [3.8, 4) is 5.75 Å². The third-order valence-corrected chi connectivity index (χ3v) is 4.91. The van der Waals surface area contributed by atoms with Crippen LogP contribution in [0.25, 0.3) is 10.9 Å². The van der Waals surface area contributed by atoms with Gasteiger partial charge in [-0.15, -0.1) is 0 Å². The van der Waals surface area contributed by atoms with Crippen LogP contribution in [-0.2, 0) is 13.0 Å². The number of para-hydroxylation sites is 1. The Hall–Kier alpha value is -2.46. The number of nitrogens with one attached hydrogen (secondary N) is 1. The Morgan fingerprint density at radius 3 is 2.83 bits per heavy atom. The van der Waals surface area contributed by atoms with Crippen LogP contribution < -0.4 is 4.74 Å². The number of carbonyl (C=O) groups excluding carboxylic acids is 1. The highest BCUT2D eigenvalue weighted by Gasteiger charge is 2.26. The van der Waals surface area contributed by atoms with E-state index in [1.807, 2.05) is 29.2 Å². The number of ether oxygens (including phenoxy) is 1. The van der Waals surface area contributed by atoms with Crippen molar-refractivity contribution in [2.75, 3.05) is 13.7 Å². The summed E-state index contributed by atoms with van der Waals surface area (Å²) in [6, 6.07) is 13.2. The number of carbonyl (C=O) groups is 1. The van der Waals surface area contributed by atoms with E-state index in [2.05, 4.69) is 11.1 Å². The molecule has 0 aliphatic carbocycles. The van der Waals surface area contributed by atoms with E-state index in [4.69, 9.17) is 16.3 Å². The number of halogens is 1. The number of aromatic amines is 1. The van der Waals surface area contributed by atoms with Gasteiger partial charge in [-0.05, 0) is 18.2 Å². The summed E-state index contributed by atoms with van der Waals surface area (Å²) in [5.74, 6) is 0.800. The average Bonchev–Trinajstić information content (AvgIpc) is 2.99. The summed E-state index contributed by atoms with van der Waals surface area (Å²) in [5, 5.41) is 1.61. The number of H-pyrrole nitrogens is 1. The van der Waals surface area contributed by atoms with E-state index < -0.39 is 0 Å². The first-order valence-corrected chi connectivity index (χ1v) is 8.27. The lowest BCUT2D eigenvalue weighted by molar-refractivity contribution is 0.0735. The first-order chi connectivity index (χ1) is 11.7. The lowest BCUT2D eigenvalue weighted by atomic mass is 10.0. The fraction of sp³-hybridized carbons (Fsp3) is 0.211. The van der Waals surface area contributed by atoms with Gasteiger partial charge in [-0.1, -0.05) is 35.9 Å². The molecule has 5 heteroatoms. The molecule has 2 aromatic carbocycles. The van der Waals surface area contributed by atoms with Gasteiger partial charge in [-0.3, -0.25) is 4.79 Å². The van der Waals surface area contributed by atoms with Gasteiger partial charge in [0.05, 0.1) is 23.2 Å². The Balaban J connectivity index is 1.71. The van der Waals surface area contributed by atoms with Crippen LogP contribution in [0.4, 0.5) is 0 Å². The lowest BCUT2D eigenvalue weighted by Crippen LogP contribution is -2.35. The second-order valence-electron chi connectivity index (χ2n) is 5.92. The molecule has 0 radical (unpaired) electrons. The molecular formula is C19H17ClN2O2. The number of benzene rings is 2. The fourth-order valence-corrected chi connectivity index (χ4v) is 3.58. The van der Waals surface area contributed by atoms with Gasteiger partial charge in [0.25, 0.3) is 5.91 Å². The van der Waals surface area contributed by atoms with E-state index in [1.165, 1.54) is 5.69 Å². The van der Waals surface area contributed by atoms with Crippen LogP contribution in [0.15, 0.2) is 42.5 Å². The Labute approximate surface area is 145 Å². The Bertz CT molecular complexity index is 932. The number of nitrogens with zero attached hydrogens (tertiary/aromatic N) is 1. The molecule has 0 unspecified atom stereocenters. The molecule has 0 spiro atoms. The monoisotopic (exact) mass is 340 g/mol. The number of hydrogen-bond donors (Lipinski definition) is 1. The number of aromatic nitrogens is 1. The molecule has 1 aliphatic heterocycles. The summed E-state index contributed by atoms with van der Waals surface area (Å²) in [6.45, 7) is 1.25. The van der Waals surface area contributed by atoms with E-state index in [0.29, 0.717) is 23.7 Å². The van der Waals surface area contributed by atoms with Crippen LogP contribution >= 0.6 is 11.6 Å². The van der Waals surface area contributed by atoms with Gasteiger partial charge in [0.1, 0.15) is 5.75 Å². The third-order valence-electron chi connectivity index (χ3n) is 4.58. The Morgan fingerprint density at radius 1 is 1.21 bits per heavy atom. The predicted molar refractivity (Wildman–Crippen MR) is 94.7 cm³/mol. The molecule has 0 fully saturated rings. The minimum Gasteiger partial charge on any atom is -0.495 e. The summed E-state index contributed by atoms with van der Waals surface area (Å²) < 4.78 is 5.44. The van der Waals surface area contributed by atoms with Crippen molar-refractivity contribution >= 4 is 28.4 Å². The van der Waals surface area contributed by atoms with Crippen LogP contribution in [0.3, 0.4) is 0 Å². The SMILES string of the molecule is COc1cccc2c3c([nH]c12)CCN(C(=O)c1ccccc1Cl)C3. The number of hydrogen-bond acceptors (Lipinski definition) is 2. The van der Waals surface area contributed by atoms with Crippen LogP contribution in [0.2, 0.25) is 5.02 Å². The predicted octanol–water partition coefficient (Wildman–Crippen LogP) is 4.03. The van der Waals surface area contributed by atoms with Crippen LogP contribution in [0.1, 0.15) is 21.6 Å². The number of rotatable bonds is 2. The Morgan fingerprint density at radius 2 is 2.04 bits per heavy atom. The number of amides is 1. The maximum Gasteiger partial charge on any atom is 0.255 e. The van der Waals surface area contributed by atoms with E-state index in [9.17, 15) is 4.79 Å². The summed E-state index contributed by atoms with van der Waals surface area (Å²) in [6.07, 6.45) is 0.795. The summed E-state index contributed by atoms with van der Waals surface area (Å²) in [5.41, 5.74) is 3.89. The quantitative estimate of drug-likeness (QED) is 0.765. The highest BCUT2D eigenvalue weighted by Crippen LogP contribution is 2.33. The number of methoxy groups -OCH3 is 1. The summed E-state index contributed by atoms with van der Waals surface area (Å²) in [4.78, 5) is 18.1. The van der Waals surface area contributed by atoms with Crippen molar-refractivity contribution in [3.63, 3.8) is 0 Å². The summed E-state index contributed by atoms with van der Waals surface area (Å²) in [7, 11) is 1.67. The molecular weight excluding hydrogens is 324 g/mol. The van der Waals surface area contributed by atoms with Crippen molar-refractivity contribution < 1.29 is 9.53 Å². The van der Waals surface area contributed by atoms with Gasteiger partial charge in [0, 0.05) is 36.2 Å². The van der Waals surface area contributed by atoms with E-state index in [-0.39, 0.29) is 5.91 Å². The maximum absolute atomic E-state index is 12.8. The van der Waals surface area contributed by atoms with Crippen molar-refractivity contribution in [1.29, 1.82) is 0 Å². The largest absolute Gasteiger partial charge is 0.495 e. The second-order valence-corrected chi connectivity index (χ2v) is 6.33. The lowest BCUT2D eigenvalue weighted by Gasteiger charge is -2.27. The van der Waals surface area contributed by atoms with Gasteiger partial charge in [-0.25, -0.2) is 0 Å². The standard InChI is InChI=1S/C19H17ClN2O2/c1-24-17-8-4-6-12-14-11-22(10-9-16(14)21-18(12)17)19(23)13-5-2-3-7-15(13)20/h2-8,21H,9-11H2,1H3. The summed E-state index contributed by atoms with van der Waals surface area (Å²) >= 11 is 6.18. The van der Waals surface area contributed by atoms with E-state index >= 15 is 0 Å². The molecule has 24 heavy (non-hydrogen) atoms. The zero-order valence-electron chi connectivity index (χ0n) is 13.3. The maximum atomic E-state index is 12.8. The van der Waals surface area contributed by atoms with Crippen molar-refractivity contribution in [3.05, 3.63) is 64.3 Å². The Kier molecular flexibility index (Phi) is 3.69. The van der Waals surface area contributed by atoms with Gasteiger partial charge >= 0.3 is 0 Å². The molecule has 1 amide bonds. The fourth-order valence-electron chi connectivity index (χ4n) is 3.36. The minimum atomic E-state index is -0.0245. The molecule has 1 N–H and O–H groups in total. The third kappa shape index (κ3) is 2.34. The topological polar surface area (TPSA) is 45.3 Å². The molecule has 0 atom stereocenters. The molecule has 1 aromatic heterocycles. The average molecular weight is 341 g/mol. The molecule has 2 heterocycles. The minimum absolute atomic E-state index is 0.0245.